The molecule has 27 heavy (non-hydrogen) atoms. The Morgan fingerprint density at radius 2 is 1.93 bits per heavy atom. The first-order valence-electron chi connectivity index (χ1n) is 8.24. The topological polar surface area (TPSA) is 96.4 Å². The van der Waals surface area contributed by atoms with Gasteiger partial charge in [0.25, 0.3) is 15.9 Å². The van der Waals surface area contributed by atoms with Gasteiger partial charge in [0.05, 0.1) is 5.75 Å². The highest BCUT2D eigenvalue weighted by Gasteiger charge is 2.34. The van der Waals surface area contributed by atoms with Crippen LogP contribution in [-0.2, 0) is 24.3 Å². The van der Waals surface area contributed by atoms with Gasteiger partial charge in [-0.1, -0.05) is 30.3 Å². The number of hydrogen-bond donors (Lipinski definition) is 0. The lowest BCUT2D eigenvalue weighted by Gasteiger charge is -2.29. The fraction of sp³-hybridized carbons (Fsp3) is 0.278. The van der Waals surface area contributed by atoms with Crippen LogP contribution in [0.3, 0.4) is 0 Å². The van der Waals surface area contributed by atoms with Crippen LogP contribution in [0.2, 0.25) is 0 Å². The van der Waals surface area contributed by atoms with Gasteiger partial charge in [-0.3, -0.25) is 4.79 Å². The van der Waals surface area contributed by atoms with Crippen LogP contribution < -0.4 is 0 Å². The molecule has 2 aliphatic heterocycles. The molecule has 1 aromatic carbocycles. The highest BCUT2D eigenvalue weighted by molar-refractivity contribution is 7.90. The van der Waals surface area contributed by atoms with E-state index in [1.54, 1.807) is 61.6 Å². The van der Waals surface area contributed by atoms with Gasteiger partial charge in [0, 0.05) is 32.4 Å². The third kappa shape index (κ3) is 4.08. The van der Waals surface area contributed by atoms with Crippen molar-refractivity contribution in [2.75, 3.05) is 26.4 Å². The highest BCUT2D eigenvalue weighted by atomic mass is 32.2. The van der Waals surface area contributed by atoms with Crippen molar-refractivity contribution >= 4 is 27.7 Å². The van der Waals surface area contributed by atoms with Gasteiger partial charge < -0.3 is 14.5 Å². The van der Waals surface area contributed by atoms with Crippen molar-refractivity contribution in [2.24, 2.45) is 4.40 Å². The summed E-state index contributed by atoms with van der Waals surface area (Å²) in [6.45, 7) is 0.195. The SMILES string of the molecule is CN(C)C(=O)[C@H](OC(=O)C1=CC=CN2CCS(=O)(=O)N=C12)c1ccccc1. The number of esters is 1. The summed E-state index contributed by atoms with van der Waals surface area (Å²) in [5.41, 5.74) is 0.514. The number of amides is 1. The average molecular weight is 389 g/mol. The lowest BCUT2D eigenvalue weighted by Crippen LogP contribution is -2.41. The van der Waals surface area contributed by atoms with Crippen LogP contribution in [0.25, 0.3) is 0 Å². The van der Waals surface area contributed by atoms with Gasteiger partial charge in [-0.25, -0.2) is 13.2 Å². The predicted octanol–water partition coefficient (Wildman–Crippen LogP) is 0.857. The summed E-state index contributed by atoms with van der Waals surface area (Å²) in [7, 11) is -0.514. The predicted molar refractivity (Wildman–Crippen MR) is 99.1 cm³/mol. The van der Waals surface area contributed by atoms with E-state index in [1.165, 1.54) is 11.0 Å². The summed E-state index contributed by atoms with van der Waals surface area (Å²) < 4.78 is 32.9. The molecule has 0 saturated heterocycles. The maximum Gasteiger partial charge on any atom is 0.343 e. The number of ether oxygens (including phenoxy) is 1. The molecule has 1 amide bonds. The standard InChI is InChI=1S/C18H19N3O5S/c1-20(2)17(22)15(13-7-4-3-5-8-13)26-18(23)14-9-6-10-21-11-12-27(24,25)19-16(14)21/h3-10,15H,11-12H2,1-2H3/t15-/m1/s1. The molecule has 3 rings (SSSR count). The first kappa shape index (κ1) is 18.8. The lowest BCUT2D eigenvalue weighted by molar-refractivity contribution is -0.156. The molecule has 1 atom stereocenters. The molecule has 0 spiro atoms. The minimum absolute atomic E-state index is 0.00624. The van der Waals surface area contributed by atoms with E-state index in [0.29, 0.717) is 5.56 Å². The number of rotatable bonds is 4. The molecule has 1 aromatic rings. The Bertz CT molecular complexity index is 948. The molecule has 2 aliphatic rings. The summed E-state index contributed by atoms with van der Waals surface area (Å²) in [4.78, 5) is 28.2. The molecule has 0 bridgehead atoms. The highest BCUT2D eigenvalue weighted by Crippen LogP contribution is 2.24. The second-order valence-electron chi connectivity index (χ2n) is 6.24. The van der Waals surface area contributed by atoms with E-state index >= 15 is 0 Å². The van der Waals surface area contributed by atoms with Crippen LogP contribution in [0, 0.1) is 0 Å². The number of amidine groups is 1. The molecule has 9 heteroatoms. The second kappa shape index (κ2) is 7.36. The third-order valence-electron chi connectivity index (χ3n) is 4.07. The van der Waals surface area contributed by atoms with Gasteiger partial charge in [-0.15, -0.1) is 4.40 Å². The van der Waals surface area contributed by atoms with Gasteiger partial charge in [-0.2, -0.15) is 0 Å². The van der Waals surface area contributed by atoms with Crippen LogP contribution in [0.15, 0.2) is 58.7 Å². The van der Waals surface area contributed by atoms with Crippen LogP contribution in [0.1, 0.15) is 11.7 Å². The molecule has 0 unspecified atom stereocenters. The van der Waals surface area contributed by atoms with Crippen LogP contribution in [-0.4, -0.2) is 62.3 Å². The van der Waals surface area contributed by atoms with Crippen LogP contribution in [0.4, 0.5) is 0 Å². The second-order valence-corrected chi connectivity index (χ2v) is 8.00. The van der Waals surface area contributed by atoms with Crippen molar-refractivity contribution < 1.29 is 22.7 Å². The molecule has 0 saturated carbocycles. The molecule has 0 aliphatic carbocycles. The fourth-order valence-electron chi connectivity index (χ4n) is 2.67. The van der Waals surface area contributed by atoms with Gasteiger partial charge >= 0.3 is 5.97 Å². The molecule has 0 fully saturated rings. The summed E-state index contributed by atoms with van der Waals surface area (Å²) in [6.07, 6.45) is 3.54. The van der Waals surface area contributed by atoms with Crippen molar-refractivity contribution in [1.29, 1.82) is 0 Å². The maximum absolute atomic E-state index is 12.8. The minimum atomic E-state index is -3.64. The van der Waals surface area contributed by atoms with Crippen LogP contribution >= 0.6 is 0 Å². The average Bonchev–Trinajstić information content (AvgIpc) is 2.64. The Labute approximate surface area is 157 Å². The maximum atomic E-state index is 12.8. The van der Waals surface area contributed by atoms with Gasteiger partial charge in [0.15, 0.2) is 5.84 Å². The molecule has 0 radical (unpaired) electrons. The Morgan fingerprint density at radius 1 is 1.22 bits per heavy atom. The third-order valence-corrected chi connectivity index (χ3v) is 5.22. The smallest absolute Gasteiger partial charge is 0.343 e. The van der Waals surface area contributed by atoms with Crippen molar-refractivity contribution in [3.05, 3.63) is 59.8 Å². The van der Waals surface area contributed by atoms with E-state index in [0.717, 1.165) is 0 Å². The van der Waals surface area contributed by atoms with Crippen molar-refractivity contribution in [2.45, 2.75) is 6.10 Å². The largest absolute Gasteiger partial charge is 0.444 e. The minimum Gasteiger partial charge on any atom is -0.444 e. The number of carbonyl (C=O) groups is 2. The Kier molecular flexibility index (Phi) is 5.13. The molecule has 2 heterocycles. The van der Waals surface area contributed by atoms with Crippen molar-refractivity contribution in [3.8, 4) is 0 Å². The Hall–Kier alpha value is -2.94. The van der Waals surface area contributed by atoms with Crippen LogP contribution in [0.5, 0.6) is 0 Å². The van der Waals surface area contributed by atoms with Gasteiger partial charge in [0.1, 0.15) is 5.57 Å². The first-order valence-corrected chi connectivity index (χ1v) is 9.84. The number of allylic oxidation sites excluding steroid dienone is 2. The molecule has 8 nitrogen and oxygen atoms in total. The summed E-state index contributed by atoms with van der Waals surface area (Å²) in [6, 6.07) is 8.63. The molecule has 0 aromatic heterocycles. The van der Waals surface area contributed by atoms with E-state index in [2.05, 4.69) is 4.40 Å². The summed E-state index contributed by atoms with van der Waals surface area (Å²) in [5.74, 6) is -1.34. The van der Waals surface area contributed by atoms with Gasteiger partial charge in [0.2, 0.25) is 6.10 Å². The lowest BCUT2D eigenvalue weighted by atomic mass is 10.1. The van der Waals surface area contributed by atoms with E-state index in [1.807, 2.05) is 0 Å². The number of benzene rings is 1. The van der Waals surface area contributed by atoms with E-state index < -0.39 is 28.0 Å². The Balaban J connectivity index is 1.92. The number of sulfonamides is 1. The van der Waals surface area contributed by atoms with E-state index in [-0.39, 0.29) is 23.7 Å². The molecule has 0 N–H and O–H groups in total. The zero-order chi connectivity index (χ0) is 19.6. The van der Waals surface area contributed by atoms with E-state index in [4.69, 9.17) is 4.74 Å². The zero-order valence-corrected chi connectivity index (χ0v) is 15.7. The van der Waals surface area contributed by atoms with Crippen molar-refractivity contribution in [1.82, 2.24) is 9.80 Å². The number of carbonyl (C=O) groups excluding carboxylic acids is 2. The molecular formula is C18H19N3O5S. The van der Waals surface area contributed by atoms with Gasteiger partial charge in [-0.05, 0) is 12.2 Å². The van der Waals surface area contributed by atoms with Crippen molar-refractivity contribution in [3.63, 3.8) is 0 Å². The molecular weight excluding hydrogens is 370 g/mol. The zero-order valence-electron chi connectivity index (χ0n) is 14.9. The fourth-order valence-corrected chi connectivity index (χ4v) is 3.65. The normalized spacial score (nSPS) is 18.7. The summed E-state index contributed by atoms with van der Waals surface area (Å²) >= 11 is 0. The quantitative estimate of drug-likeness (QED) is 0.709. The number of likely N-dealkylation sites (N-methyl/N-ethyl adjacent to an activating group) is 1. The number of nitrogens with zero attached hydrogens (tertiary/aromatic N) is 3. The Morgan fingerprint density at radius 3 is 2.59 bits per heavy atom. The number of fused-ring (bicyclic) bond motifs is 1. The summed E-state index contributed by atoms with van der Waals surface area (Å²) in [5, 5.41) is 0. The van der Waals surface area contributed by atoms with E-state index in [9.17, 15) is 18.0 Å². The number of hydrogen-bond acceptors (Lipinski definition) is 6. The molecule has 142 valence electrons. The monoisotopic (exact) mass is 389 g/mol. The first-order chi connectivity index (χ1) is 12.8.